The third-order valence-electron chi connectivity index (χ3n) is 18.5. The Hall–Kier alpha value is -11.9. The van der Waals surface area contributed by atoms with Gasteiger partial charge in [0.15, 0.2) is 11.6 Å². The Morgan fingerprint density at radius 1 is 0.417 bits per heavy atom. The molecule has 9 rings (SSSR count). The van der Waals surface area contributed by atoms with Gasteiger partial charge in [-0.3, -0.25) is 29.3 Å². The number of nitrogens with zero attached hydrogens (tertiary/aromatic N) is 5. The molecule has 0 bridgehead atoms. The molecule has 0 aliphatic rings. The SMILES string of the molecule is C.C.CC(OC(C)(C)C)[C@H](NS(=O)(=O)Oc1ccc([N+](=O)[O-])cc1)C(=O)OC(C)(C)C.CC[C@H](NC(=O)OC(C)(C)C)c1noc([C@@H](N)CC(=O)NC(c2ccccc2)(c2ccccc2)c2ccccc2)n1.CC[C@H](NC(=O)OC(C)(C)C)c1noc([C@H](CC(=O)NC(c2ccccc2)(c2ccccc2)c2ccccc2)NS(=O)(=O)N[C@H](C(=O)OC(C)(C)C)C(C)OC(C)(C)C)n1. The number of alkyl carbamates (subject to hydrolysis) is 2. The van der Waals surface area contributed by atoms with Crippen LogP contribution in [0.1, 0.15) is 274 Å². The summed E-state index contributed by atoms with van der Waals surface area (Å²) in [5, 5.41) is 30.8. The average molecular weight is 1870 g/mol. The van der Waals surface area contributed by atoms with Crippen molar-refractivity contribution in [1.29, 1.82) is 0 Å². The zero-order chi connectivity index (χ0) is 96.6. The van der Waals surface area contributed by atoms with E-state index in [1.807, 2.05) is 189 Å². The highest BCUT2D eigenvalue weighted by atomic mass is 32.2. The molecule has 36 heteroatoms. The van der Waals surface area contributed by atoms with Crippen molar-refractivity contribution in [2.45, 2.75) is 286 Å². The van der Waals surface area contributed by atoms with E-state index in [1.165, 1.54) is 6.92 Å². The Balaban J connectivity index is 0.000000372. The fourth-order valence-corrected chi connectivity index (χ4v) is 15.6. The molecule has 0 aliphatic carbocycles. The molecule has 0 saturated heterocycles. The van der Waals surface area contributed by atoms with E-state index < -0.39 is 155 Å². The first-order valence-corrected chi connectivity index (χ1v) is 45.4. The molecule has 720 valence electrons. The van der Waals surface area contributed by atoms with Gasteiger partial charge in [0, 0.05) is 12.1 Å². The monoisotopic (exact) mass is 1870 g/mol. The highest BCUT2D eigenvalue weighted by molar-refractivity contribution is 7.87. The third-order valence-corrected chi connectivity index (χ3v) is 20.6. The van der Waals surface area contributed by atoms with Crippen LogP contribution in [0, 0.1) is 10.1 Å². The Morgan fingerprint density at radius 3 is 1.02 bits per heavy atom. The first kappa shape index (κ1) is 111. The number of aromatic nitrogens is 4. The Bertz CT molecular complexity index is 5200. The van der Waals surface area contributed by atoms with E-state index >= 15 is 0 Å². The number of nitrogens with two attached hydrogens (primary N) is 1. The minimum absolute atomic E-state index is 0. The summed E-state index contributed by atoms with van der Waals surface area (Å²) in [5.74, 6) is -2.68. The minimum Gasteiger partial charge on any atom is -0.459 e. The first-order chi connectivity index (χ1) is 60.5. The quantitative estimate of drug-likeness (QED) is 0.00601. The maximum Gasteiger partial charge on any atom is 0.408 e. The second-order valence-corrected chi connectivity index (χ2v) is 39.4. The number of non-ortho nitro benzene ring substituents is 1. The largest absolute Gasteiger partial charge is 0.459 e. The van der Waals surface area contributed by atoms with Crippen molar-refractivity contribution < 1.29 is 92.2 Å². The molecule has 8 atom stereocenters. The van der Waals surface area contributed by atoms with Crippen LogP contribution >= 0.6 is 0 Å². The van der Waals surface area contributed by atoms with E-state index in [2.05, 4.69) is 55.7 Å². The lowest BCUT2D eigenvalue weighted by Crippen LogP contribution is -2.55. The summed E-state index contributed by atoms with van der Waals surface area (Å²) in [6, 6.07) is 55.5. The van der Waals surface area contributed by atoms with E-state index in [1.54, 1.807) is 138 Å². The van der Waals surface area contributed by atoms with Crippen LogP contribution in [0.15, 0.2) is 215 Å². The highest BCUT2D eigenvalue weighted by Gasteiger charge is 2.44. The molecule has 9 aromatic rings. The van der Waals surface area contributed by atoms with Crippen LogP contribution in [0.5, 0.6) is 5.75 Å². The summed E-state index contributed by atoms with van der Waals surface area (Å²) < 4.78 is 110. The summed E-state index contributed by atoms with van der Waals surface area (Å²) in [6.07, 6.45) is -3.03. The van der Waals surface area contributed by atoms with Gasteiger partial charge in [0.05, 0.1) is 59.3 Å². The number of ether oxygens (including phenoxy) is 6. The topological polar surface area (TPSA) is 467 Å². The summed E-state index contributed by atoms with van der Waals surface area (Å²) in [7, 11) is -9.18. The van der Waals surface area contributed by atoms with Gasteiger partial charge >= 0.3 is 34.4 Å². The van der Waals surface area contributed by atoms with Crippen molar-refractivity contribution in [3.8, 4) is 5.75 Å². The lowest BCUT2D eigenvalue weighted by atomic mass is 9.77. The molecule has 7 aromatic carbocycles. The summed E-state index contributed by atoms with van der Waals surface area (Å²) >= 11 is 0. The molecule has 0 radical (unpaired) electrons. The number of benzene rings is 7. The normalized spacial score (nSPS) is 14.0. The molecule has 132 heavy (non-hydrogen) atoms. The van der Waals surface area contributed by atoms with Crippen LogP contribution in [0.3, 0.4) is 0 Å². The number of hydrogen-bond donors (Lipinski definition) is 8. The van der Waals surface area contributed by atoms with Crippen molar-refractivity contribution in [3.05, 3.63) is 273 Å². The van der Waals surface area contributed by atoms with E-state index in [0.29, 0.717) is 12.8 Å². The van der Waals surface area contributed by atoms with E-state index in [-0.39, 0.29) is 62.0 Å². The average Bonchev–Trinajstić information content (AvgIpc) is 0.765. The van der Waals surface area contributed by atoms with Gasteiger partial charge in [-0.15, -0.1) is 0 Å². The molecule has 0 spiro atoms. The lowest BCUT2D eigenvalue weighted by molar-refractivity contribution is -0.384. The van der Waals surface area contributed by atoms with Gasteiger partial charge in [-0.25, -0.2) is 9.59 Å². The lowest BCUT2D eigenvalue weighted by Gasteiger charge is -2.37. The van der Waals surface area contributed by atoms with Gasteiger partial charge in [-0.05, 0) is 197 Å². The maximum atomic E-state index is 14.7. The molecule has 0 aliphatic heterocycles. The zero-order valence-corrected chi connectivity index (χ0v) is 79.4. The maximum absolute atomic E-state index is 14.7. The van der Waals surface area contributed by atoms with Crippen LogP contribution in [-0.2, 0) is 79.2 Å². The van der Waals surface area contributed by atoms with Crippen molar-refractivity contribution in [1.82, 2.24) is 55.7 Å². The van der Waals surface area contributed by atoms with E-state index in [9.17, 15) is 55.7 Å². The smallest absolute Gasteiger partial charge is 0.408 e. The number of carbonyl (C=O) groups excluding carboxylic acids is 6. The van der Waals surface area contributed by atoms with Crippen LogP contribution in [0.25, 0.3) is 0 Å². The number of nitro benzene ring substituents is 1. The summed E-state index contributed by atoms with van der Waals surface area (Å²) in [5.41, 5.74) is 4.25. The van der Waals surface area contributed by atoms with Gasteiger partial charge in [0.2, 0.25) is 23.6 Å². The molecule has 9 N–H and O–H groups in total. The minimum atomic E-state index is -4.71. The fourth-order valence-electron chi connectivity index (χ4n) is 13.4. The van der Waals surface area contributed by atoms with Crippen LogP contribution in [0.4, 0.5) is 15.3 Å². The van der Waals surface area contributed by atoms with Crippen LogP contribution in [0.2, 0.25) is 0 Å². The molecule has 34 nitrogen and oxygen atoms in total. The molecule has 0 fully saturated rings. The number of nitro groups is 1. The third kappa shape index (κ3) is 34.7. The predicted molar refractivity (Wildman–Crippen MR) is 501 cm³/mol. The molecule has 0 saturated carbocycles. The second kappa shape index (κ2) is 47.5. The van der Waals surface area contributed by atoms with Crippen LogP contribution < -0.4 is 45.4 Å². The summed E-state index contributed by atoms with van der Waals surface area (Å²) in [6.45, 7) is 37.8. The molecule has 4 amide bonds. The molecular weight excluding hydrogens is 1740 g/mol. The van der Waals surface area contributed by atoms with Gasteiger partial charge in [0.25, 0.3) is 15.9 Å². The van der Waals surface area contributed by atoms with Crippen molar-refractivity contribution in [2.24, 2.45) is 5.73 Å². The van der Waals surface area contributed by atoms with E-state index in [4.69, 9.17) is 47.4 Å². The number of amides is 4. The Kier molecular flexibility index (Phi) is 39.8. The number of carbonyl (C=O) groups is 6. The van der Waals surface area contributed by atoms with Crippen molar-refractivity contribution in [2.75, 3.05) is 0 Å². The van der Waals surface area contributed by atoms with Crippen molar-refractivity contribution >= 4 is 62.1 Å². The van der Waals surface area contributed by atoms with Crippen LogP contribution in [-0.4, -0.2) is 136 Å². The molecular formula is C96H133N13O21S2. The molecule has 2 heterocycles. The van der Waals surface area contributed by atoms with E-state index in [0.717, 1.165) is 57.6 Å². The zero-order valence-electron chi connectivity index (χ0n) is 77.8. The standard InChI is InChI=1S/C44H60N6O9S.C32H37N5O4.C18H28N2O8S.2CH4/c1-12-33(45-40(53)58-43(9,10)11)37-46-38(59-48-37)34(49-60(54,55)50-36(29(2)56-41(3,4)5)39(52)57-42(6,7)8)28-35(51)47-44(30-22-16-13-17-23-30,31-24-18-14-19-25-31)32-26-20-15-21-27-32;1-5-26(34-30(39)40-31(2,3)4)28-35-29(41-37-28)25(33)21-27(38)36-32(22-15-9-6-10-16-22,23-17-11-7-12-18-23)24-19-13-8-14-20-24;1-12(26-17(2,3)4)15(16(21)27-18(5,6)7)19-29(24,25)28-14-10-8-13(9-11-14)20(22)23;;/h13-27,29,33-34,36,49-50H,12,28H2,1-11H3,(H,45,53)(H,47,51);6-20,25-26H,5,21,33H2,1-4H3,(H,34,39)(H,36,38);8-12,15,19H,1-7H3;2*1H4/t29?,33-,34-,36-;25-,26-;12?,15-;;/m000../s1. The number of nitrogens with one attached hydrogen (secondary N) is 7. The second-order valence-electron chi connectivity index (χ2n) is 36.6. The predicted octanol–water partition coefficient (Wildman–Crippen LogP) is 16.5. The van der Waals surface area contributed by atoms with Gasteiger partial charge in [0.1, 0.15) is 57.4 Å². The summed E-state index contributed by atoms with van der Waals surface area (Å²) in [4.78, 5) is 98.4. The highest BCUT2D eigenvalue weighted by Crippen LogP contribution is 2.40. The number of rotatable bonds is 35. The number of hydrogen-bond acceptors (Lipinski definition) is 26. The van der Waals surface area contributed by atoms with Crippen molar-refractivity contribution in [3.63, 3.8) is 0 Å². The van der Waals surface area contributed by atoms with Gasteiger partial charge < -0.3 is 68.7 Å². The molecule has 2 aromatic heterocycles. The fraction of sp³-hybridized carbons (Fsp3) is 0.458. The Labute approximate surface area is 776 Å². The van der Waals surface area contributed by atoms with Gasteiger partial charge in [-0.1, -0.05) is 221 Å². The number of esters is 2. The van der Waals surface area contributed by atoms with Gasteiger partial charge in [-0.2, -0.15) is 41.0 Å². The molecule has 2 unspecified atom stereocenters. The Morgan fingerprint density at radius 2 is 0.720 bits per heavy atom. The first-order valence-electron chi connectivity index (χ1n) is 42.5.